The topological polar surface area (TPSA) is 79.6 Å². The molecule has 9 heteroatoms. The Morgan fingerprint density at radius 3 is 2.97 bits per heavy atom. The number of nitrogens with one attached hydrogen (secondary N) is 1. The lowest BCUT2D eigenvalue weighted by molar-refractivity contribution is 0.0690. The second kappa shape index (κ2) is 7.78. The van der Waals surface area contributed by atoms with Gasteiger partial charge in [-0.3, -0.25) is 14.0 Å². The number of likely N-dealkylation sites (tertiary alicyclic amines) is 1. The summed E-state index contributed by atoms with van der Waals surface area (Å²) in [5.41, 5.74) is 5.70. The average molecular weight is 478 g/mol. The van der Waals surface area contributed by atoms with Gasteiger partial charge in [-0.05, 0) is 37.7 Å². The summed E-state index contributed by atoms with van der Waals surface area (Å²) in [6.07, 6.45) is 2.99. The Morgan fingerprint density at radius 2 is 2.12 bits per heavy atom. The molecule has 1 aliphatic carbocycles. The normalized spacial score (nSPS) is 21.4. The second-order valence-corrected chi connectivity index (χ2v) is 10.6. The Balaban J connectivity index is 1.22. The summed E-state index contributed by atoms with van der Waals surface area (Å²) in [6, 6.07) is 8.15. The molecule has 3 aromatic heterocycles. The van der Waals surface area contributed by atoms with Gasteiger partial charge in [-0.2, -0.15) is 0 Å². The van der Waals surface area contributed by atoms with Gasteiger partial charge in [0.15, 0.2) is 4.96 Å². The molecule has 4 heterocycles. The van der Waals surface area contributed by atoms with E-state index in [1.807, 2.05) is 52.9 Å². The van der Waals surface area contributed by atoms with Crippen LogP contribution in [0.4, 0.5) is 0 Å². The van der Waals surface area contributed by atoms with Crippen LogP contribution in [0.25, 0.3) is 15.4 Å². The van der Waals surface area contributed by atoms with Gasteiger partial charge in [0.25, 0.3) is 11.8 Å². The lowest BCUT2D eigenvalue weighted by Gasteiger charge is -2.27. The zero-order valence-corrected chi connectivity index (χ0v) is 19.9. The number of rotatable bonds is 5. The highest BCUT2D eigenvalue weighted by atomic mass is 32.1. The van der Waals surface area contributed by atoms with E-state index in [9.17, 15) is 9.59 Å². The molecule has 7 nitrogen and oxygen atoms in total. The van der Waals surface area contributed by atoms with E-state index < -0.39 is 0 Å². The molecule has 2 aliphatic rings. The molecule has 33 heavy (non-hydrogen) atoms. The second-order valence-electron chi connectivity index (χ2n) is 8.90. The van der Waals surface area contributed by atoms with Crippen molar-refractivity contribution in [2.45, 2.75) is 26.3 Å². The molecule has 2 amide bonds. The fraction of sp³-hybridized carbons (Fsp3) is 0.333. The van der Waals surface area contributed by atoms with Crippen molar-refractivity contribution in [1.82, 2.24) is 24.6 Å². The maximum absolute atomic E-state index is 13.6. The molecule has 1 saturated heterocycles. The lowest BCUT2D eigenvalue weighted by Crippen LogP contribution is -2.46. The van der Waals surface area contributed by atoms with Crippen molar-refractivity contribution >= 4 is 39.4 Å². The number of hydrogen-bond acceptors (Lipinski definition) is 6. The largest absolute Gasteiger partial charge is 0.349 e. The van der Waals surface area contributed by atoms with Crippen LogP contribution in [0.2, 0.25) is 0 Å². The fourth-order valence-corrected chi connectivity index (χ4v) is 6.58. The van der Waals surface area contributed by atoms with Crippen LogP contribution in [0.15, 0.2) is 41.4 Å². The molecule has 168 valence electrons. The molecule has 0 unspecified atom stereocenters. The number of carbonyl (C=O) groups excluding carboxylic acids is 2. The minimum atomic E-state index is -0.149. The van der Waals surface area contributed by atoms with Crippen molar-refractivity contribution in [2.24, 2.45) is 11.8 Å². The minimum Gasteiger partial charge on any atom is -0.349 e. The Bertz CT molecular complexity index is 1390. The third-order valence-electron chi connectivity index (χ3n) is 6.74. The predicted molar refractivity (Wildman–Crippen MR) is 129 cm³/mol. The molecule has 1 aromatic carbocycles. The van der Waals surface area contributed by atoms with E-state index in [-0.39, 0.29) is 17.9 Å². The number of benzene rings is 1. The SMILES string of the molecule is Cc1cccc(-c2scnc2C(=O)N2C[C@@H]3C[C@@H]3[C@H]2CNC(=O)c2c(C)nc3sccn23)c1. The third-order valence-corrected chi connectivity index (χ3v) is 8.37. The standard InChI is InChI=1S/C24H23N5O2S2/c1-13-4-3-5-15(8-13)21-19(26-12-33-21)23(31)29-11-16-9-17(16)18(29)10-25-22(30)20-14(2)27-24-28(20)6-7-32-24/h3-8,12,16-18H,9-11H2,1-2H3,(H,25,30)/t16-,17-,18+/m0/s1. The maximum atomic E-state index is 13.6. The van der Waals surface area contributed by atoms with E-state index in [2.05, 4.69) is 21.4 Å². The molecule has 0 spiro atoms. The van der Waals surface area contributed by atoms with E-state index in [1.165, 1.54) is 22.7 Å². The lowest BCUT2D eigenvalue weighted by atomic mass is 10.1. The van der Waals surface area contributed by atoms with Crippen LogP contribution in [-0.4, -0.2) is 50.2 Å². The molecule has 1 saturated carbocycles. The zero-order valence-electron chi connectivity index (χ0n) is 18.3. The number of piperidine rings is 1. The number of aryl methyl sites for hydroxylation is 2. The van der Waals surface area contributed by atoms with Gasteiger partial charge >= 0.3 is 0 Å². The molecule has 3 atom stereocenters. The first-order valence-corrected chi connectivity index (χ1v) is 12.8. The van der Waals surface area contributed by atoms with Crippen LogP contribution >= 0.6 is 22.7 Å². The van der Waals surface area contributed by atoms with E-state index in [4.69, 9.17) is 0 Å². The van der Waals surface area contributed by atoms with Crippen LogP contribution in [0.1, 0.15) is 38.7 Å². The van der Waals surface area contributed by atoms with Gasteiger partial charge in [0.05, 0.1) is 22.1 Å². The first-order valence-electron chi connectivity index (χ1n) is 11.0. The summed E-state index contributed by atoms with van der Waals surface area (Å²) in [6.45, 7) is 5.07. The third kappa shape index (κ3) is 3.46. The van der Waals surface area contributed by atoms with Crippen LogP contribution in [-0.2, 0) is 0 Å². The number of imidazole rings is 1. The van der Waals surface area contributed by atoms with Crippen LogP contribution < -0.4 is 5.32 Å². The Morgan fingerprint density at radius 1 is 1.24 bits per heavy atom. The highest BCUT2D eigenvalue weighted by molar-refractivity contribution is 7.15. The van der Waals surface area contributed by atoms with E-state index in [0.29, 0.717) is 35.5 Å². The molecular weight excluding hydrogens is 454 g/mol. The van der Waals surface area contributed by atoms with Gasteiger partial charge < -0.3 is 10.2 Å². The molecule has 6 rings (SSSR count). The van der Waals surface area contributed by atoms with Gasteiger partial charge in [-0.1, -0.05) is 29.8 Å². The predicted octanol–water partition coefficient (Wildman–Crippen LogP) is 4.03. The summed E-state index contributed by atoms with van der Waals surface area (Å²) < 4.78 is 1.83. The molecular formula is C24H23N5O2S2. The van der Waals surface area contributed by atoms with Gasteiger partial charge in [0.1, 0.15) is 11.4 Å². The summed E-state index contributed by atoms with van der Waals surface area (Å²) >= 11 is 3.00. The smallest absolute Gasteiger partial charge is 0.274 e. The van der Waals surface area contributed by atoms with Crippen LogP contribution in [0.5, 0.6) is 0 Å². The number of aromatic nitrogens is 3. The summed E-state index contributed by atoms with van der Waals surface area (Å²) in [5.74, 6) is 0.782. The maximum Gasteiger partial charge on any atom is 0.274 e. The zero-order chi connectivity index (χ0) is 22.7. The van der Waals surface area contributed by atoms with Gasteiger partial charge in [0.2, 0.25) is 0 Å². The number of carbonyl (C=O) groups is 2. The number of thiazole rings is 2. The molecule has 0 bridgehead atoms. The van der Waals surface area contributed by atoms with E-state index in [1.54, 1.807) is 5.51 Å². The Labute approximate surface area is 199 Å². The molecule has 4 aromatic rings. The summed E-state index contributed by atoms with van der Waals surface area (Å²) in [4.78, 5) is 39.1. The number of amides is 2. The van der Waals surface area contributed by atoms with Crippen molar-refractivity contribution in [3.63, 3.8) is 0 Å². The van der Waals surface area contributed by atoms with Crippen molar-refractivity contribution in [3.05, 3.63) is 64.0 Å². The fourth-order valence-electron chi connectivity index (χ4n) is 5.04. The van der Waals surface area contributed by atoms with Crippen molar-refractivity contribution in [3.8, 4) is 10.4 Å². The summed E-state index contributed by atoms with van der Waals surface area (Å²) in [5, 5.41) is 5.00. The van der Waals surface area contributed by atoms with Crippen LogP contribution in [0, 0.1) is 25.7 Å². The monoisotopic (exact) mass is 477 g/mol. The quantitative estimate of drug-likeness (QED) is 0.471. The van der Waals surface area contributed by atoms with Crippen molar-refractivity contribution in [1.29, 1.82) is 0 Å². The number of hydrogen-bond donors (Lipinski definition) is 1. The van der Waals surface area contributed by atoms with Crippen LogP contribution in [0.3, 0.4) is 0 Å². The highest BCUT2D eigenvalue weighted by Gasteiger charge is 2.54. The number of nitrogens with zero attached hydrogens (tertiary/aromatic N) is 4. The van der Waals surface area contributed by atoms with Gasteiger partial charge in [-0.15, -0.1) is 22.7 Å². The van der Waals surface area contributed by atoms with Crippen molar-refractivity contribution in [2.75, 3.05) is 13.1 Å². The number of fused-ring (bicyclic) bond motifs is 2. The van der Waals surface area contributed by atoms with Gasteiger partial charge in [0, 0.05) is 24.7 Å². The minimum absolute atomic E-state index is 0.00953. The first kappa shape index (κ1) is 20.6. The Kier molecular flexibility index (Phi) is 4.84. The summed E-state index contributed by atoms with van der Waals surface area (Å²) in [7, 11) is 0. The molecule has 2 fully saturated rings. The Hall–Kier alpha value is -3.04. The average Bonchev–Trinajstić information content (AvgIpc) is 3.20. The molecule has 0 radical (unpaired) electrons. The van der Waals surface area contributed by atoms with E-state index >= 15 is 0 Å². The van der Waals surface area contributed by atoms with Gasteiger partial charge in [-0.25, -0.2) is 9.97 Å². The highest BCUT2D eigenvalue weighted by Crippen LogP contribution is 2.50. The molecule has 1 aliphatic heterocycles. The van der Waals surface area contributed by atoms with Crippen molar-refractivity contribution < 1.29 is 9.59 Å². The first-order chi connectivity index (χ1) is 16.0. The molecule has 1 N–H and O–H groups in total. The van der Waals surface area contributed by atoms with E-state index in [0.717, 1.165) is 33.9 Å².